The summed E-state index contributed by atoms with van der Waals surface area (Å²) in [5.41, 5.74) is 1.33. The maximum absolute atomic E-state index is 4.27. The molecule has 0 atom stereocenters. The molecule has 1 fully saturated rings. The minimum Gasteiger partial charge on any atom is -0.333 e. The zero-order valence-electron chi connectivity index (χ0n) is 11.7. The maximum atomic E-state index is 4.27. The molecule has 0 bridgehead atoms. The second-order valence-electron chi connectivity index (χ2n) is 5.55. The molecule has 1 heterocycles. The Morgan fingerprint density at radius 1 is 1.39 bits per heavy atom. The minimum atomic E-state index is 0.956. The Morgan fingerprint density at radius 2 is 2.22 bits per heavy atom. The molecule has 18 heavy (non-hydrogen) atoms. The predicted octanol–water partition coefficient (Wildman–Crippen LogP) is 3.35. The first kappa shape index (κ1) is 13.6. The number of aromatic nitrogens is 2. The zero-order valence-corrected chi connectivity index (χ0v) is 11.7. The van der Waals surface area contributed by atoms with Crippen LogP contribution in [0.3, 0.4) is 0 Å². The topological polar surface area (TPSA) is 29.9 Å². The van der Waals surface area contributed by atoms with Gasteiger partial charge in [-0.05, 0) is 31.7 Å². The van der Waals surface area contributed by atoms with E-state index in [0.29, 0.717) is 0 Å². The highest BCUT2D eigenvalue weighted by molar-refractivity contribution is 4.97. The van der Waals surface area contributed by atoms with Crippen LogP contribution in [0.15, 0.2) is 12.5 Å². The molecule has 0 radical (unpaired) electrons. The molecule has 0 aromatic carbocycles. The molecule has 1 saturated carbocycles. The molecule has 0 amide bonds. The van der Waals surface area contributed by atoms with Crippen molar-refractivity contribution in [1.29, 1.82) is 0 Å². The molecule has 3 nitrogen and oxygen atoms in total. The molecule has 1 aromatic heterocycles. The molecule has 0 spiro atoms. The third-order valence-corrected chi connectivity index (χ3v) is 4.02. The fourth-order valence-corrected chi connectivity index (χ4v) is 2.94. The molecule has 102 valence electrons. The Kier molecular flexibility index (Phi) is 5.72. The fraction of sp³-hybridized carbons (Fsp3) is 0.800. The van der Waals surface area contributed by atoms with Gasteiger partial charge in [-0.25, -0.2) is 4.98 Å². The number of rotatable bonds is 8. The molecule has 0 saturated heterocycles. The van der Waals surface area contributed by atoms with Gasteiger partial charge in [0.05, 0.1) is 12.0 Å². The first-order valence-corrected chi connectivity index (χ1v) is 7.60. The zero-order chi connectivity index (χ0) is 12.6. The van der Waals surface area contributed by atoms with E-state index in [1.54, 1.807) is 0 Å². The summed E-state index contributed by atoms with van der Waals surface area (Å²) < 4.78 is 2.32. The lowest BCUT2D eigenvalue weighted by Crippen LogP contribution is -2.16. The van der Waals surface area contributed by atoms with Crippen molar-refractivity contribution in [2.75, 3.05) is 6.54 Å². The van der Waals surface area contributed by atoms with E-state index in [9.17, 15) is 0 Å². The van der Waals surface area contributed by atoms with E-state index in [-0.39, 0.29) is 0 Å². The van der Waals surface area contributed by atoms with E-state index in [0.717, 1.165) is 25.6 Å². The summed E-state index contributed by atoms with van der Waals surface area (Å²) in [6.07, 6.45) is 13.7. The van der Waals surface area contributed by atoms with Crippen LogP contribution in [0.1, 0.15) is 57.6 Å². The van der Waals surface area contributed by atoms with Crippen LogP contribution >= 0.6 is 0 Å². The molecule has 1 aromatic rings. The summed E-state index contributed by atoms with van der Waals surface area (Å²) in [5.74, 6) is 1.01. The van der Waals surface area contributed by atoms with Crippen molar-refractivity contribution >= 4 is 0 Å². The van der Waals surface area contributed by atoms with Crippen molar-refractivity contribution in [2.24, 2.45) is 5.92 Å². The summed E-state index contributed by atoms with van der Waals surface area (Å²) >= 11 is 0. The second-order valence-corrected chi connectivity index (χ2v) is 5.55. The molecule has 1 aliphatic carbocycles. The molecule has 0 unspecified atom stereocenters. The highest BCUT2D eigenvalue weighted by Crippen LogP contribution is 2.28. The van der Waals surface area contributed by atoms with Crippen molar-refractivity contribution in [3.8, 4) is 0 Å². The van der Waals surface area contributed by atoms with Gasteiger partial charge in [0.2, 0.25) is 0 Å². The van der Waals surface area contributed by atoms with Crippen LogP contribution in [0.4, 0.5) is 0 Å². The quantitative estimate of drug-likeness (QED) is 0.716. The van der Waals surface area contributed by atoms with Crippen LogP contribution < -0.4 is 5.32 Å². The van der Waals surface area contributed by atoms with Crippen molar-refractivity contribution in [1.82, 2.24) is 14.9 Å². The van der Waals surface area contributed by atoms with Crippen molar-refractivity contribution < 1.29 is 0 Å². The molecular formula is C15H27N3. The Labute approximate surface area is 111 Å². The Hall–Kier alpha value is -0.830. The van der Waals surface area contributed by atoms with Crippen LogP contribution in [0.25, 0.3) is 0 Å². The van der Waals surface area contributed by atoms with E-state index < -0.39 is 0 Å². The van der Waals surface area contributed by atoms with Gasteiger partial charge in [-0.2, -0.15) is 0 Å². The van der Waals surface area contributed by atoms with Crippen LogP contribution in [-0.4, -0.2) is 16.1 Å². The molecular weight excluding hydrogens is 222 g/mol. The standard InChI is InChI=1S/C15H27N3/c1-2-9-16-11-15-12-17-13-18(15)10-5-8-14-6-3-4-7-14/h12-14,16H,2-11H2,1H3. The smallest absolute Gasteiger partial charge is 0.0948 e. The number of imidazole rings is 1. The van der Waals surface area contributed by atoms with Gasteiger partial charge in [0, 0.05) is 19.3 Å². The lowest BCUT2D eigenvalue weighted by molar-refractivity contribution is 0.453. The van der Waals surface area contributed by atoms with Gasteiger partial charge in [0.15, 0.2) is 0 Å². The number of aryl methyl sites for hydroxylation is 1. The van der Waals surface area contributed by atoms with Crippen LogP contribution in [0.2, 0.25) is 0 Å². The first-order chi connectivity index (χ1) is 8.90. The van der Waals surface area contributed by atoms with Crippen molar-refractivity contribution in [2.45, 2.75) is 65.0 Å². The summed E-state index contributed by atoms with van der Waals surface area (Å²) in [7, 11) is 0. The van der Waals surface area contributed by atoms with Crippen molar-refractivity contribution in [3.05, 3.63) is 18.2 Å². The Bertz CT molecular complexity index is 326. The van der Waals surface area contributed by atoms with Gasteiger partial charge in [-0.15, -0.1) is 0 Å². The molecule has 1 N–H and O–H groups in total. The van der Waals surface area contributed by atoms with Crippen LogP contribution in [0, 0.1) is 5.92 Å². The van der Waals surface area contributed by atoms with E-state index in [2.05, 4.69) is 21.8 Å². The fourth-order valence-electron chi connectivity index (χ4n) is 2.94. The van der Waals surface area contributed by atoms with Gasteiger partial charge in [0.25, 0.3) is 0 Å². The number of nitrogens with one attached hydrogen (secondary N) is 1. The molecule has 0 aliphatic heterocycles. The van der Waals surface area contributed by atoms with E-state index >= 15 is 0 Å². The largest absolute Gasteiger partial charge is 0.333 e. The Morgan fingerprint density at radius 3 is 3.00 bits per heavy atom. The van der Waals surface area contributed by atoms with E-state index in [1.807, 2.05) is 12.5 Å². The second kappa shape index (κ2) is 7.57. The normalized spacial score (nSPS) is 16.5. The van der Waals surface area contributed by atoms with E-state index in [1.165, 1.54) is 50.6 Å². The summed E-state index contributed by atoms with van der Waals surface area (Å²) in [5, 5.41) is 3.45. The molecule has 1 aliphatic rings. The summed E-state index contributed by atoms with van der Waals surface area (Å²) in [6, 6.07) is 0. The number of hydrogen-bond donors (Lipinski definition) is 1. The van der Waals surface area contributed by atoms with Crippen LogP contribution in [-0.2, 0) is 13.1 Å². The SMILES string of the molecule is CCCNCc1cncn1CCCC1CCCC1. The number of hydrogen-bond acceptors (Lipinski definition) is 2. The average Bonchev–Trinajstić information content (AvgIpc) is 3.02. The maximum Gasteiger partial charge on any atom is 0.0948 e. The average molecular weight is 249 g/mol. The number of nitrogens with zero attached hydrogens (tertiary/aromatic N) is 2. The summed E-state index contributed by atoms with van der Waals surface area (Å²) in [4.78, 5) is 4.27. The third-order valence-electron chi connectivity index (χ3n) is 4.02. The lowest BCUT2D eigenvalue weighted by atomic mass is 10.0. The van der Waals surface area contributed by atoms with Gasteiger partial charge in [-0.3, -0.25) is 0 Å². The third kappa shape index (κ3) is 4.13. The first-order valence-electron chi connectivity index (χ1n) is 7.60. The minimum absolute atomic E-state index is 0.956. The van der Waals surface area contributed by atoms with Gasteiger partial charge in [-0.1, -0.05) is 32.6 Å². The molecule has 2 rings (SSSR count). The highest BCUT2D eigenvalue weighted by atomic mass is 15.1. The monoisotopic (exact) mass is 249 g/mol. The van der Waals surface area contributed by atoms with Gasteiger partial charge in [0.1, 0.15) is 0 Å². The predicted molar refractivity (Wildman–Crippen MR) is 75.4 cm³/mol. The lowest BCUT2D eigenvalue weighted by Gasteiger charge is -2.11. The molecule has 3 heteroatoms. The highest BCUT2D eigenvalue weighted by Gasteiger charge is 2.14. The van der Waals surface area contributed by atoms with Gasteiger partial charge >= 0.3 is 0 Å². The summed E-state index contributed by atoms with van der Waals surface area (Å²) in [6.45, 7) is 5.38. The van der Waals surface area contributed by atoms with Crippen LogP contribution in [0.5, 0.6) is 0 Å². The van der Waals surface area contributed by atoms with Gasteiger partial charge < -0.3 is 9.88 Å². The van der Waals surface area contributed by atoms with E-state index in [4.69, 9.17) is 0 Å². The van der Waals surface area contributed by atoms with Crippen molar-refractivity contribution in [3.63, 3.8) is 0 Å². The Balaban J connectivity index is 1.69.